The first-order valence-electron chi connectivity index (χ1n) is 10.4. The average molecular weight is 434 g/mol. The first-order chi connectivity index (χ1) is 15.1. The summed E-state index contributed by atoms with van der Waals surface area (Å²) in [6, 6.07) is 17.6. The van der Waals surface area contributed by atoms with Gasteiger partial charge in [0.15, 0.2) is 5.16 Å². The van der Waals surface area contributed by atoms with Crippen molar-refractivity contribution in [3.8, 4) is 0 Å². The van der Waals surface area contributed by atoms with Crippen LogP contribution in [-0.4, -0.2) is 38.4 Å². The SMILES string of the molecule is C[C@@H](Sc1nnc(C2CC2)n1Cc1ccccc1)C(=O)N1CC(=O)Nc2ccccc21. The maximum absolute atomic E-state index is 13.3. The molecule has 8 heteroatoms. The number of rotatable bonds is 6. The molecule has 0 unspecified atom stereocenters. The molecule has 2 heterocycles. The van der Waals surface area contributed by atoms with Crippen molar-refractivity contribution in [2.45, 2.75) is 42.6 Å². The summed E-state index contributed by atoms with van der Waals surface area (Å²) in [5.74, 6) is 1.14. The van der Waals surface area contributed by atoms with Gasteiger partial charge in [0.2, 0.25) is 11.8 Å². The molecule has 1 atom stereocenters. The molecular formula is C23H23N5O2S. The molecule has 0 radical (unpaired) electrons. The summed E-state index contributed by atoms with van der Waals surface area (Å²) in [7, 11) is 0. The molecule has 7 nitrogen and oxygen atoms in total. The first kappa shape index (κ1) is 19.8. The quantitative estimate of drug-likeness (QED) is 0.600. The molecule has 0 spiro atoms. The molecule has 31 heavy (non-hydrogen) atoms. The van der Waals surface area contributed by atoms with Gasteiger partial charge in [-0.1, -0.05) is 54.2 Å². The van der Waals surface area contributed by atoms with Crippen LogP contribution in [0.15, 0.2) is 59.8 Å². The zero-order valence-electron chi connectivity index (χ0n) is 17.2. The van der Waals surface area contributed by atoms with E-state index in [4.69, 9.17) is 0 Å². The van der Waals surface area contributed by atoms with Gasteiger partial charge in [-0.05, 0) is 37.5 Å². The van der Waals surface area contributed by atoms with E-state index in [1.807, 2.05) is 49.4 Å². The minimum atomic E-state index is -0.412. The van der Waals surface area contributed by atoms with Gasteiger partial charge in [-0.3, -0.25) is 14.5 Å². The number of amides is 2. The van der Waals surface area contributed by atoms with Crippen LogP contribution in [0.25, 0.3) is 0 Å². The van der Waals surface area contributed by atoms with Crippen molar-refractivity contribution in [3.05, 3.63) is 66.0 Å². The smallest absolute Gasteiger partial charge is 0.244 e. The van der Waals surface area contributed by atoms with Crippen LogP contribution in [0.5, 0.6) is 0 Å². The predicted molar refractivity (Wildman–Crippen MR) is 120 cm³/mol. The number of aromatic nitrogens is 3. The lowest BCUT2D eigenvalue weighted by molar-refractivity contribution is -0.121. The number of fused-ring (bicyclic) bond motifs is 1. The Bertz CT molecular complexity index is 1130. The van der Waals surface area contributed by atoms with Gasteiger partial charge in [0.05, 0.1) is 23.2 Å². The first-order valence-corrected chi connectivity index (χ1v) is 11.3. The summed E-state index contributed by atoms with van der Waals surface area (Å²) in [5.41, 5.74) is 2.56. The van der Waals surface area contributed by atoms with E-state index in [0.29, 0.717) is 18.2 Å². The molecule has 1 aliphatic heterocycles. The highest BCUT2D eigenvalue weighted by molar-refractivity contribution is 8.00. The van der Waals surface area contributed by atoms with Crippen LogP contribution >= 0.6 is 11.8 Å². The molecule has 1 aliphatic carbocycles. The highest BCUT2D eigenvalue weighted by Gasteiger charge is 2.33. The third-order valence-electron chi connectivity index (χ3n) is 5.54. The molecule has 3 aromatic rings. The molecular weight excluding hydrogens is 410 g/mol. The Kier molecular flexibility index (Phi) is 5.23. The molecule has 1 saturated carbocycles. The zero-order valence-corrected chi connectivity index (χ0v) is 18.0. The number of carbonyl (C=O) groups excluding carboxylic acids is 2. The molecule has 2 aliphatic rings. The normalized spacial score (nSPS) is 16.5. The number of benzene rings is 2. The van der Waals surface area contributed by atoms with Crippen LogP contribution in [0.3, 0.4) is 0 Å². The number of anilines is 2. The van der Waals surface area contributed by atoms with E-state index in [1.165, 1.54) is 17.3 Å². The third-order valence-corrected chi connectivity index (χ3v) is 6.61. The van der Waals surface area contributed by atoms with Crippen molar-refractivity contribution >= 4 is 35.0 Å². The molecule has 1 aromatic heterocycles. The van der Waals surface area contributed by atoms with E-state index in [2.05, 4.69) is 32.2 Å². The molecule has 2 amide bonds. The second-order valence-corrected chi connectivity index (χ2v) is 9.24. The Labute approximate surface area is 184 Å². The molecule has 1 N–H and O–H groups in total. The van der Waals surface area contributed by atoms with E-state index in [-0.39, 0.29) is 18.4 Å². The third kappa shape index (κ3) is 4.07. The van der Waals surface area contributed by atoms with Gasteiger partial charge in [0, 0.05) is 5.92 Å². The van der Waals surface area contributed by atoms with Gasteiger partial charge in [0.1, 0.15) is 12.4 Å². The van der Waals surface area contributed by atoms with Crippen LogP contribution in [-0.2, 0) is 16.1 Å². The number of hydrogen-bond acceptors (Lipinski definition) is 5. The van der Waals surface area contributed by atoms with Crippen molar-refractivity contribution < 1.29 is 9.59 Å². The minimum absolute atomic E-state index is 0.0186. The van der Waals surface area contributed by atoms with Crippen LogP contribution < -0.4 is 10.2 Å². The topological polar surface area (TPSA) is 80.1 Å². The molecule has 0 saturated heterocycles. The fraction of sp³-hybridized carbons (Fsp3) is 0.304. The highest BCUT2D eigenvalue weighted by atomic mass is 32.2. The summed E-state index contributed by atoms with van der Waals surface area (Å²) in [5, 5.41) is 12.0. The second kappa shape index (κ2) is 8.19. The maximum Gasteiger partial charge on any atom is 0.244 e. The Morgan fingerprint density at radius 3 is 2.65 bits per heavy atom. The van der Waals surface area contributed by atoms with E-state index >= 15 is 0 Å². The van der Waals surface area contributed by atoms with Gasteiger partial charge >= 0.3 is 0 Å². The number of carbonyl (C=O) groups is 2. The summed E-state index contributed by atoms with van der Waals surface area (Å²) >= 11 is 1.40. The fourth-order valence-electron chi connectivity index (χ4n) is 3.80. The van der Waals surface area contributed by atoms with Gasteiger partial charge in [-0.25, -0.2) is 0 Å². The Hall–Kier alpha value is -3.13. The lowest BCUT2D eigenvalue weighted by atomic mass is 10.2. The van der Waals surface area contributed by atoms with Gasteiger partial charge in [0.25, 0.3) is 0 Å². The lowest BCUT2D eigenvalue weighted by Gasteiger charge is -2.30. The number of thioether (sulfide) groups is 1. The summed E-state index contributed by atoms with van der Waals surface area (Å²) < 4.78 is 2.14. The van der Waals surface area contributed by atoms with Crippen LogP contribution in [0.4, 0.5) is 11.4 Å². The molecule has 1 fully saturated rings. The Morgan fingerprint density at radius 1 is 1.13 bits per heavy atom. The van der Waals surface area contributed by atoms with E-state index < -0.39 is 5.25 Å². The van der Waals surface area contributed by atoms with Crippen molar-refractivity contribution in [1.82, 2.24) is 14.8 Å². The second-order valence-electron chi connectivity index (χ2n) is 7.94. The maximum atomic E-state index is 13.3. The van der Waals surface area contributed by atoms with Gasteiger partial charge in [-0.15, -0.1) is 10.2 Å². The van der Waals surface area contributed by atoms with E-state index in [9.17, 15) is 9.59 Å². The van der Waals surface area contributed by atoms with Crippen molar-refractivity contribution in [3.63, 3.8) is 0 Å². The summed E-state index contributed by atoms with van der Waals surface area (Å²) in [6.45, 7) is 2.56. The van der Waals surface area contributed by atoms with E-state index in [1.54, 1.807) is 4.90 Å². The molecule has 5 rings (SSSR count). The molecule has 0 bridgehead atoms. The average Bonchev–Trinajstić information content (AvgIpc) is 3.56. The Morgan fingerprint density at radius 2 is 1.87 bits per heavy atom. The predicted octanol–water partition coefficient (Wildman–Crippen LogP) is 3.67. The van der Waals surface area contributed by atoms with Crippen molar-refractivity contribution in [2.75, 3.05) is 16.8 Å². The lowest BCUT2D eigenvalue weighted by Crippen LogP contribution is -2.45. The monoisotopic (exact) mass is 433 g/mol. The molecule has 158 valence electrons. The van der Waals surface area contributed by atoms with Crippen molar-refractivity contribution in [1.29, 1.82) is 0 Å². The fourth-order valence-corrected chi connectivity index (χ4v) is 4.72. The zero-order chi connectivity index (χ0) is 21.4. The number of nitrogens with zero attached hydrogens (tertiary/aromatic N) is 4. The number of hydrogen-bond donors (Lipinski definition) is 1. The van der Waals surface area contributed by atoms with Gasteiger partial charge in [-0.2, -0.15) is 0 Å². The van der Waals surface area contributed by atoms with Crippen LogP contribution in [0, 0.1) is 0 Å². The van der Waals surface area contributed by atoms with Crippen LogP contribution in [0.1, 0.15) is 37.1 Å². The summed E-state index contributed by atoms with van der Waals surface area (Å²) in [6.07, 6.45) is 2.26. The van der Waals surface area contributed by atoms with E-state index in [0.717, 1.165) is 29.5 Å². The number of nitrogens with one attached hydrogen (secondary N) is 1. The van der Waals surface area contributed by atoms with Crippen LogP contribution in [0.2, 0.25) is 0 Å². The highest BCUT2D eigenvalue weighted by Crippen LogP contribution is 2.41. The number of para-hydroxylation sites is 2. The Balaban J connectivity index is 1.39. The minimum Gasteiger partial charge on any atom is -0.323 e. The van der Waals surface area contributed by atoms with Crippen molar-refractivity contribution in [2.24, 2.45) is 0 Å². The summed E-state index contributed by atoms with van der Waals surface area (Å²) in [4.78, 5) is 27.0. The molecule has 2 aromatic carbocycles. The standard InChI is InChI=1S/C23H23N5O2S/c1-15(22(30)27-14-20(29)24-18-9-5-6-10-19(18)27)31-23-26-25-21(17-11-12-17)28(23)13-16-7-3-2-4-8-16/h2-10,15,17H,11-14H2,1H3,(H,24,29)/t15-/m1/s1. The van der Waals surface area contributed by atoms with Gasteiger partial charge < -0.3 is 9.88 Å². The largest absolute Gasteiger partial charge is 0.323 e.